The normalized spacial score (nSPS) is 14.0. The lowest BCUT2D eigenvalue weighted by atomic mass is 9.96. The molecular weight excluding hydrogens is 686 g/mol. The third kappa shape index (κ3) is 7.39. The van der Waals surface area contributed by atoms with Gasteiger partial charge >= 0.3 is 24.2 Å². The molecule has 0 bridgehead atoms. The number of ketones is 1. The van der Waals surface area contributed by atoms with Crippen LogP contribution in [0.3, 0.4) is 0 Å². The predicted octanol–water partition coefficient (Wildman–Crippen LogP) is 8.90. The van der Waals surface area contributed by atoms with Gasteiger partial charge in [0.15, 0.2) is 5.78 Å². The zero-order chi connectivity index (χ0) is 30.1. The number of hydrogen-bond donors (Lipinski definition) is 1. The highest BCUT2D eigenvalue weighted by Gasteiger charge is 2.76. The summed E-state index contributed by atoms with van der Waals surface area (Å²) < 4.78 is 130. The summed E-state index contributed by atoms with van der Waals surface area (Å²) in [4.78, 5) is 23.5. The van der Waals surface area contributed by atoms with Crippen LogP contribution in [0.5, 0.6) is 0 Å². The van der Waals surface area contributed by atoms with Crippen molar-refractivity contribution < 1.29 is 53.5 Å². The first-order valence-electron chi connectivity index (χ1n) is 9.94. The molecule has 0 spiro atoms. The van der Waals surface area contributed by atoms with Crippen molar-refractivity contribution >= 4 is 68.5 Å². The molecule has 17 heteroatoms. The molecule has 1 N–H and O–H groups in total. The molecule has 0 heterocycles. The molecule has 1 unspecified atom stereocenters. The summed E-state index contributed by atoms with van der Waals surface area (Å²) in [5, 5.41) is 0.426. The first kappa shape index (κ1) is 33.2. The third-order valence-corrected chi connectivity index (χ3v) is 6.79. The van der Waals surface area contributed by atoms with Crippen LogP contribution in [0.2, 0.25) is 15.1 Å². The fourth-order valence-corrected chi connectivity index (χ4v) is 4.15. The fourth-order valence-electron chi connectivity index (χ4n) is 2.92. The lowest BCUT2D eigenvalue weighted by Crippen LogP contribution is -2.59. The van der Waals surface area contributed by atoms with Crippen molar-refractivity contribution in [2.45, 2.75) is 30.1 Å². The first-order valence-corrected chi connectivity index (χ1v) is 11.9. The summed E-state index contributed by atoms with van der Waals surface area (Å²) >= 11 is 20.3. The van der Waals surface area contributed by atoms with Gasteiger partial charge in [0.05, 0.1) is 27.5 Å². The van der Waals surface area contributed by atoms with Crippen LogP contribution in [0.4, 0.5) is 43.9 Å². The number of halogens is 14. The van der Waals surface area contributed by atoms with Crippen LogP contribution in [0.25, 0.3) is 6.08 Å². The lowest BCUT2D eigenvalue weighted by Gasteiger charge is -2.26. The van der Waals surface area contributed by atoms with E-state index in [1.807, 2.05) is 0 Å². The van der Waals surface area contributed by atoms with Gasteiger partial charge in [-0.1, -0.05) is 69.0 Å². The van der Waals surface area contributed by atoms with Crippen molar-refractivity contribution in [2.75, 3.05) is 6.54 Å². The molecule has 0 saturated heterocycles. The van der Waals surface area contributed by atoms with Gasteiger partial charge < -0.3 is 5.32 Å². The molecule has 0 radical (unpaired) electrons. The highest BCUT2D eigenvalue weighted by Crippen LogP contribution is 2.46. The second kappa shape index (κ2) is 11.8. The number of allylic oxidation sites excluding steroid dienone is 1. The zero-order valence-corrected chi connectivity index (χ0v) is 22.3. The smallest absolute Gasteiger partial charge is 0.343 e. The molecule has 0 aliphatic rings. The Morgan fingerprint density at radius 3 is 1.90 bits per heavy atom. The Morgan fingerprint density at radius 1 is 0.897 bits per heavy atom. The van der Waals surface area contributed by atoms with Gasteiger partial charge in [-0.25, -0.2) is 0 Å². The number of alkyl halides is 10. The summed E-state index contributed by atoms with van der Waals surface area (Å²) in [5.41, 5.74) is -0.617. The van der Waals surface area contributed by atoms with Gasteiger partial charge in [-0.15, -0.1) is 0 Å². The fraction of sp³-hybridized carbons (Fsp3) is 0.273. The molecule has 2 aromatic rings. The second-order valence-corrected chi connectivity index (χ2v) is 9.72. The van der Waals surface area contributed by atoms with E-state index in [2.05, 4.69) is 15.9 Å². The maximum atomic E-state index is 13.7. The SMILES string of the molecule is O=C(CNC(=O)C(F)(F)C(F)(F)C(F)(F)F)c1ccc(/C=C/C(c2cc(Cl)c(Cl)c(Cl)c2)C(F)(F)F)cc1Br. The highest BCUT2D eigenvalue weighted by atomic mass is 79.9. The maximum Gasteiger partial charge on any atom is 0.460 e. The Bertz CT molecular complexity index is 1270. The number of hydrogen-bond acceptors (Lipinski definition) is 2. The van der Waals surface area contributed by atoms with E-state index in [1.165, 1.54) is 0 Å². The Labute approximate surface area is 236 Å². The van der Waals surface area contributed by atoms with Crippen molar-refractivity contribution in [3.05, 3.63) is 72.6 Å². The molecule has 2 rings (SSSR count). The van der Waals surface area contributed by atoms with Gasteiger partial charge in [-0.3, -0.25) is 9.59 Å². The predicted molar refractivity (Wildman–Crippen MR) is 127 cm³/mol. The van der Waals surface area contributed by atoms with Crippen molar-refractivity contribution in [3.8, 4) is 0 Å². The van der Waals surface area contributed by atoms with E-state index in [9.17, 15) is 53.5 Å². The number of carbonyl (C=O) groups is 2. The number of benzene rings is 2. The van der Waals surface area contributed by atoms with Gasteiger partial charge in [0.1, 0.15) is 0 Å². The molecule has 2 aromatic carbocycles. The second-order valence-electron chi connectivity index (χ2n) is 7.67. The van der Waals surface area contributed by atoms with Gasteiger partial charge in [-0.2, -0.15) is 43.9 Å². The minimum atomic E-state index is -6.75. The van der Waals surface area contributed by atoms with Crippen molar-refractivity contribution in [1.29, 1.82) is 0 Å². The standard InChI is InChI=1S/C22H11BrCl3F10NO2/c23-13-5-9(2-4-12(20(29,30)31)10-6-14(24)17(26)15(25)7-10)1-3-11(13)16(38)8-37-18(39)19(27,28)21(32,33)22(34,35)36/h1-7,12H,8H2,(H,37,39)/b4-2+. The monoisotopic (exact) mass is 695 g/mol. The zero-order valence-electron chi connectivity index (χ0n) is 18.4. The summed E-state index contributed by atoms with van der Waals surface area (Å²) in [6, 6.07) is 5.15. The minimum absolute atomic E-state index is 0.0826. The number of rotatable bonds is 8. The average molecular weight is 698 g/mol. The van der Waals surface area contributed by atoms with E-state index in [-0.39, 0.29) is 36.2 Å². The quantitative estimate of drug-likeness (QED) is 0.170. The number of Topliss-reactive ketones (excluding diaryl/α,β-unsaturated/α-hetero) is 1. The molecule has 0 aliphatic heterocycles. The van der Waals surface area contributed by atoms with E-state index in [1.54, 1.807) is 0 Å². The van der Waals surface area contributed by atoms with E-state index in [0.717, 1.165) is 47.8 Å². The van der Waals surface area contributed by atoms with Gasteiger partial charge in [0.2, 0.25) is 0 Å². The molecule has 214 valence electrons. The lowest BCUT2D eigenvalue weighted by molar-refractivity contribution is -0.344. The summed E-state index contributed by atoms with van der Waals surface area (Å²) in [5.74, 6) is -19.4. The van der Waals surface area contributed by atoms with Crippen LogP contribution < -0.4 is 5.32 Å². The summed E-state index contributed by atoms with van der Waals surface area (Å²) in [6.45, 7) is -1.40. The molecule has 0 saturated carbocycles. The van der Waals surface area contributed by atoms with Crippen LogP contribution >= 0.6 is 50.7 Å². The molecule has 1 amide bonds. The molecular formula is C22H11BrCl3F10NO2. The van der Waals surface area contributed by atoms with Crippen molar-refractivity contribution in [1.82, 2.24) is 5.32 Å². The third-order valence-electron chi connectivity index (χ3n) is 4.94. The largest absolute Gasteiger partial charge is 0.460 e. The Balaban J connectivity index is 2.22. The molecule has 1 atom stereocenters. The van der Waals surface area contributed by atoms with E-state index in [4.69, 9.17) is 34.8 Å². The number of carbonyl (C=O) groups excluding carboxylic acids is 2. The molecule has 0 aliphatic carbocycles. The first-order chi connectivity index (χ1) is 17.6. The average Bonchev–Trinajstić information content (AvgIpc) is 2.79. The summed E-state index contributed by atoms with van der Waals surface area (Å²) in [6.07, 6.45) is -9.80. The number of amides is 1. The van der Waals surface area contributed by atoms with E-state index >= 15 is 0 Å². The number of nitrogens with one attached hydrogen (secondary N) is 1. The van der Waals surface area contributed by atoms with Crippen LogP contribution in [-0.4, -0.2) is 42.4 Å². The molecule has 0 aromatic heterocycles. The van der Waals surface area contributed by atoms with Crippen molar-refractivity contribution in [3.63, 3.8) is 0 Å². The molecule has 0 fully saturated rings. The minimum Gasteiger partial charge on any atom is -0.343 e. The molecule has 39 heavy (non-hydrogen) atoms. The van der Waals surface area contributed by atoms with Crippen LogP contribution in [0.15, 0.2) is 40.9 Å². The molecule has 3 nitrogen and oxygen atoms in total. The van der Waals surface area contributed by atoms with Gasteiger partial charge in [0.25, 0.3) is 5.91 Å². The maximum absolute atomic E-state index is 13.7. The van der Waals surface area contributed by atoms with Crippen LogP contribution in [0.1, 0.15) is 27.4 Å². The Morgan fingerprint density at radius 2 is 1.44 bits per heavy atom. The Kier molecular flexibility index (Phi) is 10.1. The van der Waals surface area contributed by atoms with Crippen LogP contribution in [0, 0.1) is 0 Å². The van der Waals surface area contributed by atoms with Crippen LogP contribution in [-0.2, 0) is 4.79 Å². The highest BCUT2D eigenvalue weighted by molar-refractivity contribution is 9.10. The van der Waals surface area contributed by atoms with E-state index < -0.39 is 48.4 Å². The Hall–Kier alpha value is -2.03. The van der Waals surface area contributed by atoms with Crippen molar-refractivity contribution in [2.24, 2.45) is 0 Å². The topological polar surface area (TPSA) is 46.2 Å². The van der Waals surface area contributed by atoms with Gasteiger partial charge in [-0.05, 0) is 35.4 Å². The summed E-state index contributed by atoms with van der Waals surface area (Å²) in [7, 11) is 0. The van der Waals surface area contributed by atoms with E-state index in [0.29, 0.717) is 0 Å². The van der Waals surface area contributed by atoms with Gasteiger partial charge in [0, 0.05) is 10.0 Å².